The molecule has 1 aliphatic rings. The van der Waals surface area contributed by atoms with Crippen LogP contribution in [0.2, 0.25) is 0 Å². The van der Waals surface area contributed by atoms with Gasteiger partial charge in [0, 0.05) is 31.8 Å². The first kappa shape index (κ1) is 16.0. The molecule has 0 spiro atoms. The van der Waals surface area contributed by atoms with Gasteiger partial charge in [-0.3, -0.25) is 0 Å². The van der Waals surface area contributed by atoms with Crippen molar-refractivity contribution in [2.45, 2.75) is 31.8 Å². The van der Waals surface area contributed by atoms with Gasteiger partial charge < -0.3 is 9.64 Å². The smallest absolute Gasteiger partial charge is 0.254 e. The molecule has 25 heavy (non-hydrogen) atoms. The Bertz CT molecular complexity index is 863. The molecule has 0 radical (unpaired) electrons. The number of benzene rings is 1. The second-order valence-corrected chi connectivity index (χ2v) is 6.83. The fraction of sp³-hybridized carbons (Fsp3) is 0.421. The molecule has 0 N–H and O–H groups in total. The van der Waals surface area contributed by atoms with E-state index >= 15 is 0 Å². The van der Waals surface area contributed by atoms with Gasteiger partial charge in [0.1, 0.15) is 12.1 Å². The van der Waals surface area contributed by atoms with Crippen molar-refractivity contribution < 1.29 is 4.74 Å². The largest absolute Gasteiger partial charge is 0.378 e. The summed E-state index contributed by atoms with van der Waals surface area (Å²) in [4.78, 5) is 11.4. The highest BCUT2D eigenvalue weighted by atomic mass is 16.5. The molecule has 4 rings (SSSR count). The quantitative estimate of drug-likeness (QED) is 0.735. The molecule has 1 aliphatic heterocycles. The van der Waals surface area contributed by atoms with Crippen LogP contribution < -0.4 is 4.90 Å². The minimum absolute atomic E-state index is 0.0501. The molecule has 0 saturated carbocycles. The Labute approximate surface area is 147 Å². The van der Waals surface area contributed by atoms with Gasteiger partial charge in [-0.15, -0.1) is 0 Å². The number of fused-ring (bicyclic) bond motifs is 1. The van der Waals surface area contributed by atoms with E-state index < -0.39 is 0 Å². The molecule has 1 unspecified atom stereocenters. The van der Waals surface area contributed by atoms with Crippen LogP contribution in [0.3, 0.4) is 0 Å². The molecule has 3 heterocycles. The van der Waals surface area contributed by atoms with Crippen molar-refractivity contribution in [3.05, 3.63) is 42.7 Å². The fourth-order valence-corrected chi connectivity index (χ4v) is 3.46. The van der Waals surface area contributed by atoms with E-state index in [4.69, 9.17) is 4.74 Å². The van der Waals surface area contributed by atoms with Crippen molar-refractivity contribution in [3.8, 4) is 11.3 Å². The highest BCUT2D eigenvalue weighted by molar-refractivity contribution is 5.65. The minimum atomic E-state index is -0.0501. The van der Waals surface area contributed by atoms with Gasteiger partial charge in [0.25, 0.3) is 5.78 Å². The summed E-state index contributed by atoms with van der Waals surface area (Å²) in [5.41, 5.74) is 1.96. The van der Waals surface area contributed by atoms with Crippen molar-refractivity contribution >= 4 is 11.6 Å². The van der Waals surface area contributed by atoms with Crippen LogP contribution in [0, 0.1) is 0 Å². The van der Waals surface area contributed by atoms with Crippen molar-refractivity contribution in [1.82, 2.24) is 19.6 Å². The minimum Gasteiger partial charge on any atom is -0.378 e. The summed E-state index contributed by atoms with van der Waals surface area (Å²) in [6.07, 6.45) is 4.71. The van der Waals surface area contributed by atoms with E-state index in [9.17, 15) is 0 Å². The van der Waals surface area contributed by atoms with Crippen molar-refractivity contribution in [2.75, 3.05) is 25.1 Å². The lowest BCUT2D eigenvalue weighted by Crippen LogP contribution is -2.31. The molecule has 1 fully saturated rings. The number of nitrogens with zero attached hydrogens (tertiary/aromatic N) is 5. The number of ether oxygens (including phenoxy) is 1. The molecule has 6 nitrogen and oxygen atoms in total. The average molecular weight is 337 g/mol. The number of hydrogen-bond acceptors (Lipinski definition) is 5. The van der Waals surface area contributed by atoms with Crippen molar-refractivity contribution in [3.63, 3.8) is 0 Å². The standard InChI is InChI=1S/C19H23N5O/c1-19(25-2)9-6-11-23(12-10-19)17-13-16(15-7-4-3-5-8-15)22-18-20-14-21-24(17)18/h3-5,7-8,13-14H,6,9-12H2,1-2H3. The van der Waals surface area contributed by atoms with Crippen LogP contribution in [-0.4, -0.2) is 45.4 Å². The first-order valence-electron chi connectivity index (χ1n) is 8.75. The molecule has 0 aliphatic carbocycles. The molecular formula is C19H23N5O. The molecule has 1 saturated heterocycles. The monoisotopic (exact) mass is 337 g/mol. The second-order valence-electron chi connectivity index (χ2n) is 6.83. The zero-order chi connectivity index (χ0) is 17.3. The second kappa shape index (κ2) is 6.44. The summed E-state index contributed by atoms with van der Waals surface area (Å²) in [6.45, 7) is 4.10. The highest BCUT2D eigenvalue weighted by Crippen LogP contribution is 2.29. The van der Waals surface area contributed by atoms with E-state index in [-0.39, 0.29) is 5.60 Å². The molecule has 1 atom stereocenters. The zero-order valence-corrected chi connectivity index (χ0v) is 14.7. The summed E-state index contributed by atoms with van der Waals surface area (Å²) >= 11 is 0. The maximum Gasteiger partial charge on any atom is 0.254 e. The molecule has 0 amide bonds. The SMILES string of the molecule is COC1(C)CCCN(c2cc(-c3ccccc3)nc3ncnn23)CC1. The predicted octanol–water partition coefficient (Wildman–Crippen LogP) is 3.19. The van der Waals surface area contributed by atoms with Crippen LogP contribution in [0.25, 0.3) is 17.0 Å². The third-order valence-electron chi connectivity index (χ3n) is 5.16. The van der Waals surface area contributed by atoms with E-state index in [0.29, 0.717) is 5.78 Å². The van der Waals surface area contributed by atoms with Gasteiger partial charge in [-0.25, -0.2) is 4.98 Å². The summed E-state index contributed by atoms with van der Waals surface area (Å²) < 4.78 is 7.57. The molecule has 0 bridgehead atoms. The van der Waals surface area contributed by atoms with E-state index in [1.54, 1.807) is 6.33 Å². The summed E-state index contributed by atoms with van der Waals surface area (Å²) in [5, 5.41) is 4.39. The fourth-order valence-electron chi connectivity index (χ4n) is 3.46. The molecule has 130 valence electrons. The maximum absolute atomic E-state index is 5.73. The third-order valence-corrected chi connectivity index (χ3v) is 5.16. The Balaban J connectivity index is 1.75. The van der Waals surface area contributed by atoms with E-state index in [1.165, 1.54) is 0 Å². The lowest BCUT2D eigenvalue weighted by atomic mass is 9.97. The van der Waals surface area contributed by atoms with Crippen LogP contribution in [0.5, 0.6) is 0 Å². The summed E-state index contributed by atoms with van der Waals surface area (Å²) in [5.74, 6) is 1.68. The van der Waals surface area contributed by atoms with E-state index in [0.717, 1.165) is 49.4 Å². The first-order valence-corrected chi connectivity index (χ1v) is 8.75. The van der Waals surface area contributed by atoms with Crippen LogP contribution in [0.1, 0.15) is 26.2 Å². The Morgan fingerprint density at radius 1 is 1.12 bits per heavy atom. The lowest BCUT2D eigenvalue weighted by Gasteiger charge is -2.27. The summed E-state index contributed by atoms with van der Waals surface area (Å²) in [6, 6.07) is 12.3. The van der Waals surface area contributed by atoms with Crippen molar-refractivity contribution in [1.29, 1.82) is 0 Å². The Morgan fingerprint density at radius 3 is 2.76 bits per heavy atom. The van der Waals surface area contributed by atoms with Crippen LogP contribution in [0.4, 0.5) is 5.82 Å². The van der Waals surface area contributed by atoms with Gasteiger partial charge in [-0.1, -0.05) is 30.3 Å². The van der Waals surface area contributed by atoms with Crippen molar-refractivity contribution in [2.24, 2.45) is 0 Å². The van der Waals surface area contributed by atoms with Crippen LogP contribution in [-0.2, 0) is 4.74 Å². The normalized spacial score (nSPS) is 21.4. The number of anilines is 1. The van der Waals surface area contributed by atoms with E-state index in [2.05, 4.69) is 45.1 Å². The van der Waals surface area contributed by atoms with Gasteiger partial charge in [0.2, 0.25) is 0 Å². The van der Waals surface area contributed by atoms with Gasteiger partial charge in [0.15, 0.2) is 0 Å². The molecule has 2 aromatic heterocycles. The van der Waals surface area contributed by atoms with E-state index in [1.807, 2.05) is 29.8 Å². The highest BCUT2D eigenvalue weighted by Gasteiger charge is 2.28. The predicted molar refractivity (Wildman–Crippen MR) is 97.7 cm³/mol. The van der Waals surface area contributed by atoms with Gasteiger partial charge in [-0.05, 0) is 26.2 Å². The van der Waals surface area contributed by atoms with Gasteiger partial charge >= 0.3 is 0 Å². The van der Waals surface area contributed by atoms with Gasteiger partial charge in [0.05, 0.1) is 11.3 Å². The first-order chi connectivity index (χ1) is 12.2. The molecule has 1 aromatic carbocycles. The molecular weight excluding hydrogens is 314 g/mol. The lowest BCUT2D eigenvalue weighted by molar-refractivity contribution is -0.00330. The van der Waals surface area contributed by atoms with Crippen LogP contribution in [0.15, 0.2) is 42.7 Å². The number of methoxy groups -OCH3 is 1. The maximum atomic E-state index is 5.73. The number of aromatic nitrogens is 4. The van der Waals surface area contributed by atoms with Crippen LogP contribution >= 0.6 is 0 Å². The summed E-state index contributed by atoms with van der Waals surface area (Å²) in [7, 11) is 1.81. The number of hydrogen-bond donors (Lipinski definition) is 0. The Morgan fingerprint density at radius 2 is 1.96 bits per heavy atom. The average Bonchev–Trinajstić information content (AvgIpc) is 3.04. The zero-order valence-electron chi connectivity index (χ0n) is 14.7. The molecule has 3 aromatic rings. The topological polar surface area (TPSA) is 55.5 Å². The Hall–Kier alpha value is -2.47. The third kappa shape index (κ3) is 3.09. The van der Waals surface area contributed by atoms with Gasteiger partial charge in [-0.2, -0.15) is 14.6 Å². The number of rotatable bonds is 3. The molecule has 6 heteroatoms. The Kier molecular flexibility index (Phi) is 4.13.